The van der Waals surface area contributed by atoms with E-state index in [9.17, 15) is 9.59 Å². The zero-order valence-electron chi connectivity index (χ0n) is 13.7. The molecule has 1 aliphatic heterocycles. The van der Waals surface area contributed by atoms with Gasteiger partial charge in [0.15, 0.2) is 5.76 Å². The van der Waals surface area contributed by atoms with Crippen LogP contribution in [0.2, 0.25) is 0 Å². The Morgan fingerprint density at radius 2 is 2.15 bits per heavy atom. The van der Waals surface area contributed by atoms with E-state index in [0.717, 1.165) is 5.56 Å². The van der Waals surface area contributed by atoms with Crippen LogP contribution in [0, 0.1) is 0 Å². The molecular formula is C17H15N5O4. The topological polar surface area (TPSA) is 114 Å². The van der Waals surface area contributed by atoms with Gasteiger partial charge in [0.2, 0.25) is 17.6 Å². The predicted octanol–water partition coefficient (Wildman–Crippen LogP) is 0.908. The highest BCUT2D eigenvalue weighted by Crippen LogP contribution is 2.18. The molecule has 1 saturated heterocycles. The maximum absolute atomic E-state index is 12.6. The Morgan fingerprint density at radius 1 is 1.31 bits per heavy atom. The van der Waals surface area contributed by atoms with E-state index in [1.807, 2.05) is 0 Å². The fourth-order valence-electron chi connectivity index (χ4n) is 2.82. The fraction of sp³-hybridized carbons (Fsp3) is 0.235. The van der Waals surface area contributed by atoms with Gasteiger partial charge in [-0.1, -0.05) is 5.16 Å². The molecule has 2 amide bonds. The van der Waals surface area contributed by atoms with Crippen LogP contribution in [0.4, 0.5) is 0 Å². The first kappa shape index (κ1) is 16.0. The molecule has 1 fully saturated rings. The maximum atomic E-state index is 12.6. The van der Waals surface area contributed by atoms with Gasteiger partial charge in [0, 0.05) is 31.0 Å². The lowest BCUT2D eigenvalue weighted by atomic mass is 10.1. The average molecular weight is 353 g/mol. The predicted molar refractivity (Wildman–Crippen MR) is 87.8 cm³/mol. The van der Waals surface area contributed by atoms with E-state index >= 15 is 0 Å². The normalized spacial score (nSPS) is 17.2. The van der Waals surface area contributed by atoms with E-state index < -0.39 is 6.04 Å². The molecule has 1 N–H and O–H groups in total. The van der Waals surface area contributed by atoms with Crippen molar-refractivity contribution >= 4 is 11.8 Å². The smallest absolute Gasteiger partial charge is 0.290 e. The number of rotatable bonds is 4. The molecule has 0 spiro atoms. The Labute approximate surface area is 148 Å². The molecule has 3 aromatic rings. The van der Waals surface area contributed by atoms with E-state index in [4.69, 9.17) is 8.94 Å². The first-order valence-corrected chi connectivity index (χ1v) is 8.07. The molecule has 0 aromatic carbocycles. The quantitative estimate of drug-likeness (QED) is 0.741. The monoisotopic (exact) mass is 353 g/mol. The van der Waals surface area contributed by atoms with Crippen molar-refractivity contribution in [1.29, 1.82) is 0 Å². The van der Waals surface area contributed by atoms with Gasteiger partial charge in [-0.3, -0.25) is 14.6 Å². The molecule has 0 bridgehead atoms. The molecule has 0 saturated carbocycles. The number of hydrogen-bond donors (Lipinski definition) is 1. The number of hydrogen-bond acceptors (Lipinski definition) is 7. The molecule has 0 aliphatic carbocycles. The summed E-state index contributed by atoms with van der Waals surface area (Å²) in [6, 6.07) is 5.97. The summed E-state index contributed by atoms with van der Waals surface area (Å²) >= 11 is 0. The van der Waals surface area contributed by atoms with E-state index in [0.29, 0.717) is 18.9 Å². The number of furan rings is 1. The molecule has 3 aromatic heterocycles. The number of nitrogens with zero attached hydrogens (tertiary/aromatic N) is 4. The van der Waals surface area contributed by atoms with Gasteiger partial charge in [0.25, 0.3) is 5.91 Å². The van der Waals surface area contributed by atoms with Crippen molar-refractivity contribution in [2.24, 2.45) is 0 Å². The van der Waals surface area contributed by atoms with E-state index in [-0.39, 0.29) is 29.9 Å². The van der Waals surface area contributed by atoms with Crippen LogP contribution in [-0.4, -0.2) is 51.0 Å². The standard InChI is InChI=1S/C17H15N5O4/c23-16-12(22(8-7-19-16)17(24)13-2-1-9-25-13)10-14-20-15(21-26-14)11-3-5-18-6-4-11/h1-6,9,12H,7-8,10H2,(H,19,23). The van der Waals surface area contributed by atoms with E-state index in [1.54, 1.807) is 36.7 Å². The summed E-state index contributed by atoms with van der Waals surface area (Å²) in [5.74, 6) is 0.259. The Bertz CT molecular complexity index is 906. The lowest BCUT2D eigenvalue weighted by Gasteiger charge is -2.33. The molecule has 132 valence electrons. The second-order valence-corrected chi connectivity index (χ2v) is 5.73. The van der Waals surface area contributed by atoms with Crippen LogP contribution in [0.5, 0.6) is 0 Å². The summed E-state index contributed by atoms with van der Waals surface area (Å²) in [5, 5.41) is 6.69. The minimum Gasteiger partial charge on any atom is -0.459 e. The largest absolute Gasteiger partial charge is 0.459 e. The SMILES string of the molecule is O=C1NCCN(C(=O)c2ccco2)C1Cc1nc(-c2ccncc2)no1. The second kappa shape index (κ2) is 6.79. The van der Waals surface area contributed by atoms with Gasteiger partial charge in [-0.15, -0.1) is 0 Å². The molecule has 1 unspecified atom stereocenters. The average Bonchev–Trinajstić information content (AvgIpc) is 3.35. The lowest BCUT2D eigenvalue weighted by Crippen LogP contribution is -2.58. The number of amides is 2. The van der Waals surface area contributed by atoms with Crippen LogP contribution in [0.3, 0.4) is 0 Å². The van der Waals surface area contributed by atoms with Gasteiger partial charge >= 0.3 is 0 Å². The highest BCUT2D eigenvalue weighted by molar-refractivity contribution is 5.96. The lowest BCUT2D eigenvalue weighted by molar-refractivity contribution is -0.128. The van der Waals surface area contributed by atoms with Gasteiger partial charge in [-0.05, 0) is 24.3 Å². The van der Waals surface area contributed by atoms with Gasteiger partial charge in [-0.2, -0.15) is 4.98 Å². The third-order valence-electron chi connectivity index (χ3n) is 4.10. The van der Waals surface area contributed by atoms with Gasteiger partial charge < -0.3 is 19.2 Å². The van der Waals surface area contributed by atoms with Crippen molar-refractivity contribution < 1.29 is 18.5 Å². The number of carbonyl (C=O) groups excluding carboxylic acids is 2. The van der Waals surface area contributed by atoms with Crippen molar-refractivity contribution in [2.75, 3.05) is 13.1 Å². The highest BCUT2D eigenvalue weighted by Gasteiger charge is 2.36. The number of carbonyl (C=O) groups is 2. The third-order valence-corrected chi connectivity index (χ3v) is 4.10. The Balaban J connectivity index is 1.55. The Kier molecular flexibility index (Phi) is 4.18. The van der Waals surface area contributed by atoms with Crippen LogP contribution in [0.25, 0.3) is 11.4 Å². The maximum Gasteiger partial charge on any atom is 0.290 e. The first-order chi connectivity index (χ1) is 12.7. The van der Waals surface area contributed by atoms with Crippen LogP contribution >= 0.6 is 0 Å². The molecule has 9 heteroatoms. The minimum absolute atomic E-state index is 0.121. The number of nitrogens with one attached hydrogen (secondary N) is 1. The summed E-state index contributed by atoms with van der Waals surface area (Å²) in [5.41, 5.74) is 0.756. The summed E-state index contributed by atoms with van der Waals surface area (Å²) in [4.78, 5) is 34.7. The molecule has 9 nitrogen and oxygen atoms in total. The van der Waals surface area contributed by atoms with Gasteiger partial charge in [-0.25, -0.2) is 0 Å². The summed E-state index contributed by atoms with van der Waals surface area (Å²) in [6.45, 7) is 0.759. The van der Waals surface area contributed by atoms with Crippen LogP contribution in [-0.2, 0) is 11.2 Å². The number of aromatic nitrogens is 3. The zero-order chi connectivity index (χ0) is 17.9. The van der Waals surface area contributed by atoms with Crippen molar-refractivity contribution in [3.8, 4) is 11.4 Å². The fourth-order valence-corrected chi connectivity index (χ4v) is 2.82. The van der Waals surface area contributed by atoms with E-state index in [2.05, 4.69) is 20.4 Å². The van der Waals surface area contributed by atoms with Gasteiger partial charge in [0.1, 0.15) is 6.04 Å². The molecule has 0 radical (unpaired) electrons. The first-order valence-electron chi connectivity index (χ1n) is 8.07. The third kappa shape index (κ3) is 3.06. The van der Waals surface area contributed by atoms with Crippen molar-refractivity contribution in [3.05, 3.63) is 54.6 Å². The Hall–Kier alpha value is -3.49. The number of piperazine rings is 1. The summed E-state index contributed by atoms with van der Waals surface area (Å²) < 4.78 is 10.4. The minimum atomic E-state index is -0.743. The summed E-state index contributed by atoms with van der Waals surface area (Å²) in [7, 11) is 0. The van der Waals surface area contributed by atoms with Crippen LogP contribution < -0.4 is 5.32 Å². The molecule has 4 rings (SSSR count). The zero-order valence-corrected chi connectivity index (χ0v) is 13.7. The molecule has 1 atom stereocenters. The molecule has 26 heavy (non-hydrogen) atoms. The second-order valence-electron chi connectivity index (χ2n) is 5.73. The van der Waals surface area contributed by atoms with Crippen LogP contribution in [0.15, 0.2) is 51.9 Å². The summed E-state index contributed by atoms with van der Waals surface area (Å²) in [6.07, 6.45) is 4.80. The van der Waals surface area contributed by atoms with Gasteiger partial charge in [0.05, 0.1) is 12.7 Å². The van der Waals surface area contributed by atoms with Crippen LogP contribution in [0.1, 0.15) is 16.4 Å². The molecule has 4 heterocycles. The van der Waals surface area contributed by atoms with Crippen molar-refractivity contribution in [1.82, 2.24) is 25.3 Å². The Morgan fingerprint density at radius 3 is 2.92 bits per heavy atom. The van der Waals surface area contributed by atoms with E-state index in [1.165, 1.54) is 11.2 Å². The number of pyridine rings is 1. The van der Waals surface area contributed by atoms with Crippen molar-refractivity contribution in [3.63, 3.8) is 0 Å². The van der Waals surface area contributed by atoms with Crippen molar-refractivity contribution in [2.45, 2.75) is 12.5 Å². The molecular weight excluding hydrogens is 338 g/mol. The molecule has 1 aliphatic rings. The highest BCUT2D eigenvalue weighted by atomic mass is 16.5.